The van der Waals surface area contributed by atoms with Crippen molar-refractivity contribution in [1.82, 2.24) is 0 Å². The number of ketones is 2. The topological polar surface area (TPSA) is 54.4 Å². The molecule has 132 valence electrons. The number of carbonyl (C=O) groups excluding carboxylic acids is 2. The summed E-state index contributed by atoms with van der Waals surface area (Å²) < 4.78 is 32.3. The highest BCUT2D eigenvalue weighted by Crippen LogP contribution is 2.42. The summed E-state index contributed by atoms with van der Waals surface area (Å²) in [6.45, 7) is 0. The predicted octanol–water partition coefficient (Wildman–Crippen LogP) is 5.35. The van der Waals surface area contributed by atoms with Crippen molar-refractivity contribution in [1.29, 1.82) is 0 Å². The number of rotatable bonds is 2. The number of aliphatic hydroxyl groups is 1. The zero-order valence-electron chi connectivity index (χ0n) is 17.9. The van der Waals surface area contributed by atoms with Gasteiger partial charge in [0.25, 0.3) is 0 Å². The van der Waals surface area contributed by atoms with Crippen LogP contribution in [0.25, 0.3) is 5.76 Å². The SMILES string of the molecule is [2H]c1c([2H])c(C2CCC(C3=C(O)c4ccccc4C(=O)C3=O)CC2)c([2H])c([2H])c1Cl. The van der Waals surface area contributed by atoms with Crippen molar-refractivity contribution in [2.45, 2.75) is 31.6 Å². The van der Waals surface area contributed by atoms with E-state index in [0.717, 1.165) is 0 Å². The first-order valence-corrected chi connectivity index (χ1v) is 8.99. The highest BCUT2D eigenvalue weighted by atomic mass is 35.5. The second-order valence-electron chi connectivity index (χ2n) is 6.74. The van der Waals surface area contributed by atoms with Crippen LogP contribution in [0, 0.1) is 5.92 Å². The number of halogens is 1. The molecule has 0 saturated heterocycles. The van der Waals surface area contributed by atoms with E-state index in [-0.39, 0.29) is 57.9 Å². The van der Waals surface area contributed by atoms with Crippen LogP contribution in [0.5, 0.6) is 0 Å². The van der Waals surface area contributed by atoms with Gasteiger partial charge in [0.05, 0.1) is 5.48 Å². The van der Waals surface area contributed by atoms with Crippen molar-refractivity contribution in [2.75, 3.05) is 0 Å². The van der Waals surface area contributed by atoms with E-state index in [4.69, 9.17) is 17.1 Å². The molecule has 0 radical (unpaired) electrons. The Kier molecular flexibility index (Phi) is 3.33. The van der Waals surface area contributed by atoms with Crippen molar-refractivity contribution >= 4 is 28.9 Å². The first-order valence-electron chi connectivity index (χ1n) is 10.6. The molecule has 0 spiro atoms. The molecule has 0 bridgehead atoms. The monoisotopic (exact) mass is 370 g/mol. The van der Waals surface area contributed by atoms with Crippen LogP contribution in [0.3, 0.4) is 0 Å². The summed E-state index contributed by atoms with van der Waals surface area (Å²) in [7, 11) is 0. The lowest BCUT2D eigenvalue weighted by atomic mass is 9.72. The fraction of sp³-hybridized carbons (Fsp3) is 0.273. The highest BCUT2D eigenvalue weighted by molar-refractivity contribution is 6.52. The zero-order chi connectivity index (χ0) is 21.7. The molecule has 4 heteroatoms. The Morgan fingerprint density at radius 2 is 1.46 bits per heavy atom. The van der Waals surface area contributed by atoms with Gasteiger partial charge in [0.2, 0.25) is 11.6 Å². The van der Waals surface area contributed by atoms with Gasteiger partial charge in [-0.3, -0.25) is 9.59 Å². The van der Waals surface area contributed by atoms with E-state index in [1.54, 1.807) is 18.2 Å². The van der Waals surface area contributed by atoms with Gasteiger partial charge in [-0.1, -0.05) is 48.0 Å². The van der Waals surface area contributed by atoms with Crippen molar-refractivity contribution in [3.63, 3.8) is 0 Å². The summed E-state index contributed by atoms with van der Waals surface area (Å²) in [5.41, 5.74) is 1.06. The van der Waals surface area contributed by atoms with Gasteiger partial charge in [-0.05, 0) is 55.2 Å². The Bertz CT molecular complexity index is 1090. The molecule has 2 aromatic carbocycles. The van der Waals surface area contributed by atoms with Crippen LogP contribution in [0.2, 0.25) is 5.02 Å². The molecular formula is C22H19ClO3. The maximum absolute atomic E-state index is 12.7. The van der Waals surface area contributed by atoms with Crippen LogP contribution in [0.4, 0.5) is 0 Å². The van der Waals surface area contributed by atoms with Gasteiger partial charge in [0.1, 0.15) is 5.76 Å². The number of hydrogen-bond donors (Lipinski definition) is 1. The molecule has 0 atom stereocenters. The molecule has 0 aromatic heterocycles. The van der Waals surface area contributed by atoms with Crippen molar-refractivity contribution in [3.05, 3.63) is 75.7 Å². The molecular weight excluding hydrogens is 348 g/mol. The molecule has 0 aliphatic heterocycles. The molecule has 4 rings (SSSR count). The molecule has 1 fully saturated rings. The predicted molar refractivity (Wildman–Crippen MR) is 101 cm³/mol. The third kappa shape index (κ3) is 2.86. The zero-order valence-corrected chi connectivity index (χ0v) is 14.7. The van der Waals surface area contributed by atoms with E-state index < -0.39 is 11.6 Å². The third-order valence-corrected chi connectivity index (χ3v) is 5.48. The fourth-order valence-electron chi connectivity index (χ4n) is 3.95. The minimum Gasteiger partial charge on any atom is -0.507 e. The van der Waals surface area contributed by atoms with E-state index in [9.17, 15) is 14.7 Å². The van der Waals surface area contributed by atoms with Crippen LogP contribution in [0.15, 0.2) is 54.0 Å². The lowest BCUT2D eigenvalue weighted by Gasteiger charge is -2.31. The molecule has 3 nitrogen and oxygen atoms in total. The van der Waals surface area contributed by atoms with Gasteiger partial charge in [-0.15, -0.1) is 0 Å². The maximum atomic E-state index is 12.7. The van der Waals surface area contributed by atoms with Gasteiger partial charge in [0.15, 0.2) is 0 Å². The summed E-state index contributed by atoms with van der Waals surface area (Å²) >= 11 is 5.89. The average Bonchev–Trinajstić information content (AvgIpc) is 2.76. The molecule has 0 heterocycles. The number of aliphatic hydroxyl groups excluding tert-OH is 1. The maximum Gasteiger partial charge on any atom is 0.234 e. The van der Waals surface area contributed by atoms with Gasteiger partial charge in [0, 0.05) is 21.7 Å². The Labute approximate surface area is 162 Å². The second kappa shape index (κ2) is 6.73. The minimum atomic E-state index is -0.676. The van der Waals surface area contributed by atoms with E-state index in [1.807, 2.05) is 0 Å². The van der Waals surface area contributed by atoms with Gasteiger partial charge in [-0.25, -0.2) is 0 Å². The Hall–Kier alpha value is -2.39. The van der Waals surface area contributed by atoms with Gasteiger partial charge < -0.3 is 5.11 Å². The van der Waals surface area contributed by atoms with Gasteiger partial charge in [-0.2, -0.15) is 0 Å². The van der Waals surface area contributed by atoms with Crippen LogP contribution in [-0.2, 0) is 4.79 Å². The summed E-state index contributed by atoms with van der Waals surface area (Å²) in [5.74, 6) is -1.94. The number of Topliss-reactive ketones (excluding diaryl/α,β-unsaturated/α-hetero) is 2. The van der Waals surface area contributed by atoms with Crippen molar-refractivity contribution in [3.8, 4) is 0 Å². The molecule has 2 aliphatic rings. The number of allylic oxidation sites excluding steroid dienone is 1. The standard InChI is InChI=1S/C22H19ClO3/c23-16-11-9-14(10-12-16)13-5-7-15(8-6-13)19-20(24)17-3-1-2-4-18(17)21(25)22(19)26/h1-4,9-13,15,24H,5-8H2/i9D,10D,11D,12D. The van der Waals surface area contributed by atoms with Gasteiger partial charge >= 0.3 is 0 Å². The molecule has 2 aromatic rings. The fourth-order valence-corrected chi connectivity index (χ4v) is 4.04. The lowest BCUT2D eigenvalue weighted by molar-refractivity contribution is -0.112. The van der Waals surface area contributed by atoms with Crippen molar-refractivity contribution in [2.24, 2.45) is 5.92 Å². The van der Waals surface area contributed by atoms with Crippen LogP contribution < -0.4 is 0 Å². The smallest absolute Gasteiger partial charge is 0.234 e. The number of hydrogen-bond acceptors (Lipinski definition) is 3. The molecule has 1 saturated carbocycles. The molecule has 1 N–H and O–H groups in total. The Morgan fingerprint density at radius 3 is 2.12 bits per heavy atom. The van der Waals surface area contributed by atoms with E-state index in [1.165, 1.54) is 6.07 Å². The summed E-state index contributed by atoms with van der Waals surface area (Å²) in [6.07, 6.45) is 2.02. The van der Waals surface area contributed by atoms with Crippen LogP contribution >= 0.6 is 11.6 Å². The quantitative estimate of drug-likeness (QED) is 0.725. The summed E-state index contributed by atoms with van der Waals surface area (Å²) in [4.78, 5) is 25.2. The highest BCUT2D eigenvalue weighted by Gasteiger charge is 2.38. The Balaban J connectivity index is 1.64. The second-order valence-corrected chi connectivity index (χ2v) is 7.12. The van der Waals surface area contributed by atoms with E-state index in [2.05, 4.69) is 0 Å². The van der Waals surface area contributed by atoms with E-state index >= 15 is 0 Å². The number of fused-ring (bicyclic) bond motifs is 1. The van der Waals surface area contributed by atoms with Crippen molar-refractivity contribution < 1.29 is 20.2 Å². The normalized spacial score (nSPS) is 25.3. The first kappa shape index (κ1) is 12.9. The molecule has 0 amide bonds. The minimum absolute atomic E-state index is 0.135. The largest absolute Gasteiger partial charge is 0.507 e. The third-order valence-electron chi connectivity index (χ3n) is 5.29. The van der Waals surface area contributed by atoms with E-state index in [0.29, 0.717) is 36.8 Å². The summed E-state index contributed by atoms with van der Waals surface area (Å²) in [5, 5.41) is 10.5. The first-order chi connectivity index (χ1) is 14.2. The average molecular weight is 371 g/mol. The van der Waals surface area contributed by atoms with Crippen LogP contribution in [0.1, 0.15) is 58.6 Å². The van der Waals surface area contributed by atoms with Crippen LogP contribution in [-0.4, -0.2) is 16.7 Å². The number of benzene rings is 2. The number of carbonyl (C=O) groups is 2. The molecule has 26 heavy (non-hydrogen) atoms. The molecule has 2 aliphatic carbocycles. The summed E-state index contributed by atoms with van der Waals surface area (Å²) in [6, 6.07) is 5.74. The molecule has 0 unspecified atom stereocenters. The lowest BCUT2D eigenvalue weighted by Crippen LogP contribution is -2.29. The Morgan fingerprint density at radius 1 is 0.885 bits per heavy atom.